The Kier molecular flexibility index (Phi) is 7.71. The molecule has 1 amide bonds. The standard InChI is InChI=1S/C25H37F3N4O3Si/c1-17-11-20-22-21(12-29-23(20)32(17)16-35-9-10-36(2,3)4)24(34)30(14-25(26,27)28)15-31(22)19-7-5-18(13-33)6-8-19/h12-13,17-19H,5-11,14-16H2,1-4H3. The molecule has 1 aromatic heterocycles. The average Bonchev–Trinajstić information content (AvgIpc) is 3.12. The maximum Gasteiger partial charge on any atom is 0.406 e. The Balaban J connectivity index is 1.64. The second-order valence-corrected chi connectivity index (χ2v) is 17.2. The molecule has 1 aromatic rings. The van der Waals surface area contributed by atoms with Crippen molar-refractivity contribution in [3.63, 3.8) is 0 Å². The van der Waals surface area contributed by atoms with Gasteiger partial charge in [0.05, 0.1) is 17.9 Å². The van der Waals surface area contributed by atoms with Crippen molar-refractivity contribution in [2.75, 3.05) is 36.4 Å². The first kappa shape index (κ1) is 26.9. The van der Waals surface area contributed by atoms with Crippen LogP contribution in [0, 0.1) is 5.92 Å². The highest BCUT2D eigenvalue weighted by Gasteiger charge is 2.43. The van der Waals surface area contributed by atoms with E-state index in [1.165, 1.54) is 6.20 Å². The van der Waals surface area contributed by atoms with Gasteiger partial charge in [-0.2, -0.15) is 13.2 Å². The summed E-state index contributed by atoms with van der Waals surface area (Å²) in [6, 6.07) is 1.12. The molecule has 4 rings (SSSR count). The van der Waals surface area contributed by atoms with Crippen molar-refractivity contribution in [3.8, 4) is 0 Å². The molecule has 36 heavy (non-hydrogen) atoms. The highest BCUT2D eigenvalue weighted by atomic mass is 28.3. The molecule has 1 fully saturated rings. The molecule has 200 valence electrons. The van der Waals surface area contributed by atoms with Crippen LogP contribution in [0.2, 0.25) is 25.7 Å². The number of pyridine rings is 1. The van der Waals surface area contributed by atoms with E-state index in [4.69, 9.17) is 4.74 Å². The van der Waals surface area contributed by atoms with E-state index in [0.717, 1.165) is 34.3 Å². The van der Waals surface area contributed by atoms with E-state index in [1.807, 2.05) is 4.90 Å². The van der Waals surface area contributed by atoms with Gasteiger partial charge in [0, 0.05) is 44.4 Å². The van der Waals surface area contributed by atoms with Crippen molar-refractivity contribution in [2.24, 2.45) is 5.92 Å². The summed E-state index contributed by atoms with van der Waals surface area (Å²) in [5.41, 5.74) is 1.86. The lowest BCUT2D eigenvalue weighted by molar-refractivity contribution is -0.141. The van der Waals surface area contributed by atoms with Crippen molar-refractivity contribution in [3.05, 3.63) is 17.3 Å². The minimum atomic E-state index is -4.49. The Morgan fingerprint density at radius 2 is 1.89 bits per heavy atom. The number of halogens is 3. The van der Waals surface area contributed by atoms with Gasteiger partial charge in [0.1, 0.15) is 25.4 Å². The van der Waals surface area contributed by atoms with Gasteiger partial charge in [-0.15, -0.1) is 0 Å². The molecule has 1 saturated carbocycles. The Morgan fingerprint density at radius 3 is 2.50 bits per heavy atom. The van der Waals surface area contributed by atoms with Crippen LogP contribution < -0.4 is 9.80 Å². The van der Waals surface area contributed by atoms with Gasteiger partial charge < -0.3 is 24.2 Å². The van der Waals surface area contributed by atoms with E-state index in [2.05, 4.69) is 36.4 Å². The summed E-state index contributed by atoms with van der Waals surface area (Å²) in [5, 5.41) is 0. The lowest BCUT2D eigenvalue weighted by atomic mass is 9.85. The number of anilines is 2. The van der Waals surface area contributed by atoms with Crippen LogP contribution in [-0.2, 0) is 16.0 Å². The van der Waals surface area contributed by atoms with Gasteiger partial charge in [-0.05, 0) is 45.1 Å². The molecule has 3 heterocycles. The van der Waals surface area contributed by atoms with Crippen LogP contribution in [0.3, 0.4) is 0 Å². The molecular weight excluding hydrogens is 489 g/mol. The van der Waals surface area contributed by atoms with E-state index in [0.29, 0.717) is 45.4 Å². The Labute approximate surface area is 212 Å². The maximum atomic E-state index is 13.3. The number of aromatic nitrogens is 1. The van der Waals surface area contributed by atoms with Crippen molar-refractivity contribution in [1.29, 1.82) is 0 Å². The number of fused-ring (bicyclic) bond motifs is 3. The number of aldehydes is 1. The fourth-order valence-electron chi connectivity index (χ4n) is 5.47. The first-order valence-corrected chi connectivity index (χ1v) is 16.5. The van der Waals surface area contributed by atoms with Crippen LogP contribution in [-0.4, -0.2) is 75.0 Å². The minimum Gasteiger partial charge on any atom is -0.361 e. The van der Waals surface area contributed by atoms with Crippen LogP contribution >= 0.6 is 0 Å². The summed E-state index contributed by atoms with van der Waals surface area (Å²) in [5.74, 6) is 0.108. The second-order valence-electron chi connectivity index (χ2n) is 11.6. The van der Waals surface area contributed by atoms with E-state index < -0.39 is 26.7 Å². The monoisotopic (exact) mass is 526 g/mol. The van der Waals surface area contributed by atoms with Gasteiger partial charge in [-0.3, -0.25) is 4.79 Å². The molecular formula is C25H37F3N4O3Si. The molecule has 0 saturated heterocycles. The Bertz CT molecular complexity index is 977. The normalized spacial score (nSPS) is 24.7. The van der Waals surface area contributed by atoms with Crippen LogP contribution in [0.25, 0.3) is 0 Å². The number of amides is 1. The number of carbonyl (C=O) groups excluding carboxylic acids is 2. The summed E-state index contributed by atoms with van der Waals surface area (Å²) >= 11 is 0. The van der Waals surface area contributed by atoms with E-state index in [-0.39, 0.29) is 30.2 Å². The van der Waals surface area contributed by atoms with Gasteiger partial charge >= 0.3 is 6.18 Å². The molecule has 7 nitrogen and oxygen atoms in total. The fraction of sp³-hybridized carbons (Fsp3) is 0.720. The lowest BCUT2D eigenvalue weighted by Gasteiger charge is -2.45. The van der Waals surface area contributed by atoms with Crippen molar-refractivity contribution in [2.45, 2.75) is 83.0 Å². The summed E-state index contributed by atoms with van der Waals surface area (Å²) in [4.78, 5) is 33.9. The van der Waals surface area contributed by atoms with Crippen molar-refractivity contribution < 1.29 is 27.5 Å². The molecule has 1 atom stereocenters. The predicted octanol–water partition coefficient (Wildman–Crippen LogP) is 4.68. The summed E-state index contributed by atoms with van der Waals surface area (Å²) < 4.78 is 45.9. The molecule has 1 aliphatic carbocycles. The number of hydrogen-bond donors (Lipinski definition) is 0. The third-order valence-corrected chi connectivity index (χ3v) is 9.23. The third kappa shape index (κ3) is 5.87. The van der Waals surface area contributed by atoms with Gasteiger partial charge in [0.2, 0.25) is 0 Å². The van der Waals surface area contributed by atoms with Gasteiger partial charge in [-0.1, -0.05) is 19.6 Å². The number of rotatable bonds is 8. The highest BCUT2D eigenvalue weighted by molar-refractivity contribution is 6.76. The number of carbonyl (C=O) groups is 2. The molecule has 2 aliphatic heterocycles. The number of ether oxygens (including phenoxy) is 1. The van der Waals surface area contributed by atoms with Gasteiger partial charge in [0.25, 0.3) is 5.91 Å². The fourth-order valence-corrected chi connectivity index (χ4v) is 6.23. The smallest absolute Gasteiger partial charge is 0.361 e. The zero-order chi connectivity index (χ0) is 26.3. The summed E-state index contributed by atoms with van der Waals surface area (Å²) in [7, 11) is -1.22. The zero-order valence-electron chi connectivity index (χ0n) is 21.6. The minimum absolute atomic E-state index is 0.00889. The zero-order valence-corrected chi connectivity index (χ0v) is 22.6. The number of hydrogen-bond acceptors (Lipinski definition) is 6. The second kappa shape index (κ2) is 10.3. The summed E-state index contributed by atoms with van der Waals surface area (Å²) in [6.07, 6.45) is 1.38. The molecule has 1 unspecified atom stereocenters. The number of alkyl halides is 3. The van der Waals surface area contributed by atoms with E-state index in [1.54, 1.807) is 0 Å². The Hall–Kier alpha value is -2.14. The van der Waals surface area contributed by atoms with Crippen molar-refractivity contribution >= 4 is 31.8 Å². The lowest BCUT2D eigenvalue weighted by Crippen LogP contribution is -2.54. The average molecular weight is 527 g/mol. The molecule has 0 spiro atoms. The van der Waals surface area contributed by atoms with Crippen LogP contribution in [0.5, 0.6) is 0 Å². The largest absolute Gasteiger partial charge is 0.406 e. The summed E-state index contributed by atoms with van der Waals surface area (Å²) in [6.45, 7) is 8.64. The van der Waals surface area contributed by atoms with Gasteiger partial charge in [0.15, 0.2) is 0 Å². The molecule has 0 aromatic carbocycles. The van der Waals surface area contributed by atoms with Crippen LogP contribution in [0.4, 0.5) is 24.7 Å². The molecule has 0 bridgehead atoms. The van der Waals surface area contributed by atoms with Crippen LogP contribution in [0.1, 0.15) is 48.5 Å². The molecule has 11 heteroatoms. The molecule has 3 aliphatic rings. The Morgan fingerprint density at radius 1 is 1.19 bits per heavy atom. The van der Waals surface area contributed by atoms with Crippen LogP contribution in [0.15, 0.2) is 6.20 Å². The first-order chi connectivity index (χ1) is 16.9. The van der Waals surface area contributed by atoms with Gasteiger partial charge in [-0.25, -0.2) is 4.98 Å². The topological polar surface area (TPSA) is 66.0 Å². The molecule has 0 radical (unpaired) electrons. The van der Waals surface area contributed by atoms with E-state index in [9.17, 15) is 22.8 Å². The molecule has 0 N–H and O–H groups in total. The first-order valence-electron chi connectivity index (χ1n) is 12.8. The highest BCUT2D eigenvalue weighted by Crippen LogP contribution is 2.44. The third-order valence-electron chi connectivity index (χ3n) is 7.53. The van der Waals surface area contributed by atoms with E-state index >= 15 is 0 Å². The SMILES string of the molecule is CC1Cc2c(ncc3c2N(C2CCC(C=O)CC2)CN(CC(F)(F)F)C3=O)N1COCC[Si](C)(C)C. The predicted molar refractivity (Wildman–Crippen MR) is 135 cm³/mol. The number of nitrogens with zero attached hydrogens (tertiary/aromatic N) is 4. The van der Waals surface area contributed by atoms with Crippen molar-refractivity contribution in [1.82, 2.24) is 9.88 Å². The quantitative estimate of drug-likeness (QED) is 0.278. The maximum absolute atomic E-state index is 13.3.